The number of rotatable bonds is 5. The van der Waals surface area contributed by atoms with Gasteiger partial charge in [0.1, 0.15) is 5.82 Å². The molecular weight excluding hydrogens is 470 g/mol. The molecule has 0 aliphatic carbocycles. The molecule has 0 spiro atoms. The lowest BCUT2D eigenvalue weighted by atomic mass is 9.96. The molecule has 32 heavy (non-hydrogen) atoms. The first-order valence-electron chi connectivity index (χ1n) is 10.8. The molecule has 164 valence electrons. The predicted octanol–water partition coefficient (Wildman–Crippen LogP) is 5.02. The topological polar surface area (TPSA) is 75.7 Å². The van der Waals surface area contributed by atoms with Crippen LogP contribution in [0.1, 0.15) is 29.0 Å². The number of amides is 1. The Bertz CT molecular complexity index is 1240. The average molecular weight is 494 g/mol. The van der Waals surface area contributed by atoms with E-state index < -0.39 is 0 Å². The first-order valence-corrected chi connectivity index (χ1v) is 11.6. The van der Waals surface area contributed by atoms with E-state index in [2.05, 4.69) is 51.5 Å². The molecule has 1 aliphatic heterocycles. The number of aryl methyl sites for hydroxylation is 1. The maximum atomic E-state index is 12.5. The van der Waals surface area contributed by atoms with Crippen molar-refractivity contribution >= 4 is 33.3 Å². The molecule has 0 radical (unpaired) electrons. The van der Waals surface area contributed by atoms with Crippen molar-refractivity contribution in [3.05, 3.63) is 70.7 Å². The quantitative estimate of drug-likeness (QED) is 0.422. The van der Waals surface area contributed by atoms with Crippen LogP contribution in [0.3, 0.4) is 0 Å². The summed E-state index contributed by atoms with van der Waals surface area (Å²) in [6.45, 7) is 4.38. The summed E-state index contributed by atoms with van der Waals surface area (Å²) in [6, 6.07) is 13.8. The van der Waals surface area contributed by atoms with Crippen LogP contribution in [-0.4, -0.2) is 45.0 Å². The number of furan rings is 1. The molecule has 4 aromatic rings. The van der Waals surface area contributed by atoms with Crippen molar-refractivity contribution < 1.29 is 9.21 Å². The monoisotopic (exact) mass is 493 g/mol. The number of piperidine rings is 1. The molecule has 1 aromatic carbocycles. The van der Waals surface area contributed by atoms with E-state index in [9.17, 15) is 4.79 Å². The average Bonchev–Trinajstić information content (AvgIpc) is 3.48. The number of carbonyl (C=O) groups is 1. The van der Waals surface area contributed by atoms with Gasteiger partial charge in [-0.25, -0.2) is 4.98 Å². The first-order chi connectivity index (χ1) is 15.6. The van der Waals surface area contributed by atoms with Gasteiger partial charge in [0.25, 0.3) is 5.91 Å². The summed E-state index contributed by atoms with van der Waals surface area (Å²) < 4.78 is 7.95. The third-order valence-corrected chi connectivity index (χ3v) is 6.61. The van der Waals surface area contributed by atoms with Gasteiger partial charge in [-0.1, -0.05) is 24.3 Å². The number of anilines is 1. The Labute approximate surface area is 194 Å². The molecule has 3 aromatic heterocycles. The lowest BCUT2D eigenvalue weighted by Crippen LogP contribution is -2.39. The molecule has 5 rings (SSSR count). The van der Waals surface area contributed by atoms with Gasteiger partial charge < -0.3 is 14.6 Å². The predicted molar refractivity (Wildman–Crippen MR) is 127 cm³/mol. The Hall–Kier alpha value is -3.13. The van der Waals surface area contributed by atoms with Crippen LogP contribution in [0.15, 0.2) is 63.8 Å². The second-order valence-corrected chi connectivity index (χ2v) is 9.02. The standard InChI is InChI=1S/C24H24BrN5O2/c1-16-5-2-3-6-18(16)20-13-22(30-23(28-20)19(25)15-27-30)26-14-17-8-10-29(11-9-17)24(31)21-7-4-12-32-21/h2-7,12-13,15,17,26H,8-11,14H2,1H3. The fourth-order valence-corrected chi connectivity index (χ4v) is 4.55. The summed E-state index contributed by atoms with van der Waals surface area (Å²) >= 11 is 3.57. The lowest BCUT2D eigenvalue weighted by Gasteiger charge is -2.31. The van der Waals surface area contributed by atoms with E-state index in [4.69, 9.17) is 9.40 Å². The number of halogens is 1. The van der Waals surface area contributed by atoms with E-state index in [0.717, 1.165) is 59.7 Å². The van der Waals surface area contributed by atoms with Gasteiger partial charge in [-0.3, -0.25) is 4.79 Å². The maximum Gasteiger partial charge on any atom is 0.289 e. The normalized spacial score (nSPS) is 14.8. The van der Waals surface area contributed by atoms with Gasteiger partial charge >= 0.3 is 0 Å². The second-order valence-electron chi connectivity index (χ2n) is 8.16. The van der Waals surface area contributed by atoms with Crippen molar-refractivity contribution in [1.82, 2.24) is 19.5 Å². The van der Waals surface area contributed by atoms with E-state index in [1.54, 1.807) is 18.3 Å². The summed E-state index contributed by atoms with van der Waals surface area (Å²) in [5.41, 5.74) is 3.99. The zero-order valence-corrected chi connectivity index (χ0v) is 19.4. The van der Waals surface area contributed by atoms with Gasteiger partial charge in [0.2, 0.25) is 0 Å². The fraction of sp³-hybridized carbons (Fsp3) is 0.292. The van der Waals surface area contributed by atoms with Crippen LogP contribution in [0.2, 0.25) is 0 Å². The summed E-state index contributed by atoms with van der Waals surface area (Å²) in [6.07, 6.45) is 5.20. The van der Waals surface area contributed by atoms with Crippen molar-refractivity contribution in [3.8, 4) is 11.3 Å². The highest BCUT2D eigenvalue weighted by Gasteiger charge is 2.25. The molecule has 1 fully saturated rings. The lowest BCUT2D eigenvalue weighted by molar-refractivity contribution is 0.0663. The van der Waals surface area contributed by atoms with E-state index in [0.29, 0.717) is 11.7 Å². The van der Waals surface area contributed by atoms with Crippen LogP contribution in [0, 0.1) is 12.8 Å². The van der Waals surface area contributed by atoms with Crippen LogP contribution >= 0.6 is 15.9 Å². The molecule has 4 heterocycles. The Balaban J connectivity index is 1.31. The molecule has 1 aliphatic rings. The Morgan fingerprint density at radius 2 is 2.03 bits per heavy atom. The van der Waals surface area contributed by atoms with Gasteiger partial charge in [-0.2, -0.15) is 9.61 Å². The molecule has 0 unspecified atom stereocenters. The minimum Gasteiger partial charge on any atom is -0.459 e. The van der Waals surface area contributed by atoms with E-state index in [1.807, 2.05) is 21.5 Å². The number of hydrogen-bond donors (Lipinski definition) is 1. The molecule has 1 saturated heterocycles. The first kappa shape index (κ1) is 20.8. The third-order valence-electron chi connectivity index (χ3n) is 6.06. The minimum atomic E-state index is -0.0264. The number of nitrogens with zero attached hydrogens (tertiary/aromatic N) is 4. The third kappa shape index (κ3) is 4.02. The van der Waals surface area contributed by atoms with Gasteiger partial charge in [0.15, 0.2) is 11.4 Å². The van der Waals surface area contributed by atoms with E-state index in [-0.39, 0.29) is 5.91 Å². The van der Waals surface area contributed by atoms with Crippen molar-refractivity contribution in [2.24, 2.45) is 5.92 Å². The number of carbonyl (C=O) groups excluding carboxylic acids is 1. The Morgan fingerprint density at radius 1 is 1.22 bits per heavy atom. The summed E-state index contributed by atoms with van der Waals surface area (Å²) in [4.78, 5) is 19.2. The molecular formula is C24H24BrN5O2. The van der Waals surface area contributed by atoms with Crippen LogP contribution < -0.4 is 5.32 Å². The maximum absolute atomic E-state index is 12.5. The molecule has 0 saturated carbocycles. The molecule has 1 amide bonds. The van der Waals surface area contributed by atoms with Crippen molar-refractivity contribution in [2.75, 3.05) is 25.0 Å². The van der Waals surface area contributed by atoms with Gasteiger partial charge in [0, 0.05) is 31.3 Å². The SMILES string of the molecule is Cc1ccccc1-c1cc(NCC2CCN(C(=O)c3ccco3)CC2)n2ncc(Br)c2n1. The van der Waals surface area contributed by atoms with Gasteiger partial charge in [-0.05, 0) is 59.3 Å². The zero-order chi connectivity index (χ0) is 22.1. The van der Waals surface area contributed by atoms with Crippen LogP contribution in [0.5, 0.6) is 0 Å². The number of aromatic nitrogens is 3. The highest BCUT2D eigenvalue weighted by molar-refractivity contribution is 9.10. The van der Waals surface area contributed by atoms with Crippen molar-refractivity contribution in [2.45, 2.75) is 19.8 Å². The molecule has 0 bridgehead atoms. The van der Waals surface area contributed by atoms with Crippen LogP contribution in [0.4, 0.5) is 5.82 Å². The largest absolute Gasteiger partial charge is 0.459 e. The number of nitrogens with one attached hydrogen (secondary N) is 1. The minimum absolute atomic E-state index is 0.0264. The Kier molecular flexibility index (Phi) is 5.70. The van der Waals surface area contributed by atoms with Crippen LogP contribution in [-0.2, 0) is 0 Å². The molecule has 1 N–H and O–H groups in total. The second kappa shape index (κ2) is 8.78. The number of likely N-dealkylation sites (tertiary alicyclic amines) is 1. The number of benzene rings is 1. The highest BCUT2D eigenvalue weighted by Crippen LogP contribution is 2.28. The number of hydrogen-bond acceptors (Lipinski definition) is 5. The van der Waals surface area contributed by atoms with Gasteiger partial charge in [-0.15, -0.1) is 0 Å². The molecule has 7 nitrogen and oxygen atoms in total. The van der Waals surface area contributed by atoms with E-state index >= 15 is 0 Å². The zero-order valence-electron chi connectivity index (χ0n) is 17.8. The fourth-order valence-electron chi connectivity index (χ4n) is 4.21. The van der Waals surface area contributed by atoms with Crippen molar-refractivity contribution in [1.29, 1.82) is 0 Å². The highest BCUT2D eigenvalue weighted by atomic mass is 79.9. The molecule has 0 atom stereocenters. The Morgan fingerprint density at radius 3 is 2.78 bits per heavy atom. The summed E-state index contributed by atoms with van der Waals surface area (Å²) in [5.74, 6) is 1.77. The van der Waals surface area contributed by atoms with Crippen molar-refractivity contribution in [3.63, 3.8) is 0 Å². The van der Waals surface area contributed by atoms with E-state index in [1.165, 1.54) is 11.8 Å². The van der Waals surface area contributed by atoms with Crippen LogP contribution in [0.25, 0.3) is 16.9 Å². The van der Waals surface area contributed by atoms with Gasteiger partial charge in [0.05, 0.1) is 22.6 Å². The number of fused-ring (bicyclic) bond motifs is 1. The molecule has 8 heteroatoms. The smallest absolute Gasteiger partial charge is 0.289 e. The summed E-state index contributed by atoms with van der Waals surface area (Å²) in [5, 5.41) is 8.07. The summed E-state index contributed by atoms with van der Waals surface area (Å²) in [7, 11) is 0.